The maximum absolute atomic E-state index is 5.84. The maximum atomic E-state index is 5.84. The zero-order valence-corrected chi connectivity index (χ0v) is 10.9. The van der Waals surface area contributed by atoms with Gasteiger partial charge in [-0.2, -0.15) is 0 Å². The zero-order chi connectivity index (χ0) is 12.1. The van der Waals surface area contributed by atoms with E-state index < -0.39 is 0 Å². The molecule has 0 fully saturated rings. The first-order chi connectivity index (χ1) is 6.72. The fraction of sp³-hybridized carbons (Fsp3) is 0.909. The third-order valence-corrected chi connectivity index (χ3v) is 1.72. The van der Waals surface area contributed by atoms with Gasteiger partial charge in [0.15, 0.2) is 5.96 Å². The van der Waals surface area contributed by atoms with E-state index in [0.29, 0.717) is 12.6 Å². The van der Waals surface area contributed by atoms with Gasteiger partial charge in [-0.1, -0.05) is 0 Å². The number of likely N-dealkylation sites (N-methyl/N-ethyl adjacent to an activating group) is 1. The van der Waals surface area contributed by atoms with E-state index in [4.69, 9.17) is 10.5 Å². The van der Waals surface area contributed by atoms with Gasteiger partial charge in [0.1, 0.15) is 0 Å². The molecule has 0 aromatic rings. The van der Waals surface area contributed by atoms with Crippen LogP contribution < -0.4 is 5.73 Å². The minimum atomic E-state index is -0.128. The largest absolute Gasteiger partial charge is 0.377 e. The normalized spacial score (nSPS) is 13.4. The van der Waals surface area contributed by atoms with E-state index in [1.54, 1.807) is 0 Å². The van der Waals surface area contributed by atoms with E-state index in [9.17, 15) is 0 Å². The molecule has 0 rings (SSSR count). The molecule has 0 spiro atoms. The van der Waals surface area contributed by atoms with Crippen molar-refractivity contribution in [1.29, 1.82) is 0 Å². The number of nitrogens with two attached hydrogens (primary N) is 1. The third kappa shape index (κ3) is 8.24. The Morgan fingerprint density at radius 1 is 1.40 bits per heavy atom. The summed E-state index contributed by atoms with van der Waals surface area (Å²) in [5.41, 5.74) is 5.71. The SMILES string of the molecule is CC(C)OCCN(C)C(N)=NC(C)(C)C. The van der Waals surface area contributed by atoms with Crippen molar-refractivity contribution in [3.8, 4) is 0 Å². The second-order valence-corrected chi connectivity index (χ2v) is 4.98. The zero-order valence-electron chi connectivity index (χ0n) is 10.9. The molecule has 0 unspecified atom stereocenters. The quantitative estimate of drug-likeness (QED) is 0.570. The van der Waals surface area contributed by atoms with Crippen LogP contribution in [0.1, 0.15) is 34.6 Å². The van der Waals surface area contributed by atoms with Gasteiger partial charge < -0.3 is 15.4 Å². The molecule has 0 bridgehead atoms. The molecule has 0 atom stereocenters. The van der Waals surface area contributed by atoms with Crippen molar-refractivity contribution in [3.63, 3.8) is 0 Å². The molecule has 0 heterocycles. The highest BCUT2D eigenvalue weighted by atomic mass is 16.5. The van der Waals surface area contributed by atoms with Gasteiger partial charge in [0, 0.05) is 13.6 Å². The molecule has 0 aliphatic carbocycles. The molecule has 0 aliphatic rings. The smallest absolute Gasteiger partial charge is 0.191 e. The summed E-state index contributed by atoms with van der Waals surface area (Å²) in [6, 6.07) is 0. The summed E-state index contributed by atoms with van der Waals surface area (Å²) < 4.78 is 5.44. The standard InChI is InChI=1S/C11H25N3O/c1-9(2)15-8-7-14(6)10(12)13-11(3,4)5/h9H,7-8H2,1-6H3,(H2,12,13). The second-order valence-electron chi connectivity index (χ2n) is 4.98. The minimum Gasteiger partial charge on any atom is -0.377 e. The Balaban J connectivity index is 3.99. The van der Waals surface area contributed by atoms with E-state index in [1.165, 1.54) is 0 Å². The predicted molar refractivity (Wildman–Crippen MR) is 65.1 cm³/mol. The number of ether oxygens (including phenoxy) is 1. The van der Waals surface area contributed by atoms with Gasteiger partial charge in [0.05, 0.1) is 18.2 Å². The number of aliphatic imine (C=N–C) groups is 1. The lowest BCUT2D eigenvalue weighted by molar-refractivity contribution is 0.0723. The maximum Gasteiger partial charge on any atom is 0.191 e. The molecule has 0 saturated heterocycles. The predicted octanol–water partition coefficient (Wildman–Crippen LogP) is 1.46. The summed E-state index contributed by atoms with van der Waals surface area (Å²) in [6.45, 7) is 11.6. The summed E-state index contributed by atoms with van der Waals surface area (Å²) in [6.07, 6.45) is 0.263. The van der Waals surface area contributed by atoms with Gasteiger partial charge in [-0.05, 0) is 34.6 Å². The Kier molecular flexibility index (Phi) is 5.65. The second kappa shape index (κ2) is 5.95. The van der Waals surface area contributed by atoms with Crippen LogP contribution in [0.15, 0.2) is 4.99 Å². The molecular weight excluding hydrogens is 190 g/mol. The number of hydrogen-bond acceptors (Lipinski definition) is 2. The highest BCUT2D eigenvalue weighted by Gasteiger charge is 2.10. The average molecular weight is 215 g/mol. The average Bonchev–Trinajstić information content (AvgIpc) is 1.99. The number of nitrogens with zero attached hydrogens (tertiary/aromatic N) is 2. The topological polar surface area (TPSA) is 50.9 Å². The molecule has 4 heteroatoms. The molecule has 4 nitrogen and oxygen atoms in total. The van der Waals surface area contributed by atoms with E-state index in [0.717, 1.165) is 6.54 Å². The van der Waals surface area contributed by atoms with E-state index in [2.05, 4.69) is 4.99 Å². The highest BCUT2D eigenvalue weighted by molar-refractivity contribution is 5.78. The summed E-state index contributed by atoms with van der Waals surface area (Å²) in [5.74, 6) is 0.565. The third-order valence-electron chi connectivity index (χ3n) is 1.72. The Hall–Kier alpha value is -0.770. The van der Waals surface area contributed by atoms with Crippen LogP contribution in [0.4, 0.5) is 0 Å². The van der Waals surface area contributed by atoms with Crippen molar-refractivity contribution < 1.29 is 4.74 Å². The molecule has 90 valence electrons. The summed E-state index contributed by atoms with van der Waals surface area (Å²) >= 11 is 0. The molecule has 2 N–H and O–H groups in total. The summed E-state index contributed by atoms with van der Waals surface area (Å²) in [7, 11) is 1.92. The van der Waals surface area contributed by atoms with Crippen LogP contribution in [0.25, 0.3) is 0 Å². The van der Waals surface area contributed by atoms with E-state index in [1.807, 2.05) is 46.6 Å². The minimum absolute atomic E-state index is 0.128. The first kappa shape index (κ1) is 14.2. The number of rotatable bonds is 4. The molecule has 15 heavy (non-hydrogen) atoms. The first-order valence-electron chi connectivity index (χ1n) is 5.40. The molecule has 0 aromatic carbocycles. The fourth-order valence-electron chi connectivity index (χ4n) is 0.969. The Labute approximate surface area is 93.5 Å². The molecule has 0 amide bonds. The van der Waals surface area contributed by atoms with Crippen molar-refractivity contribution in [1.82, 2.24) is 4.90 Å². The summed E-state index contributed by atoms with van der Waals surface area (Å²) in [4.78, 5) is 6.28. The molecule has 0 radical (unpaired) electrons. The number of hydrogen-bond donors (Lipinski definition) is 1. The lowest BCUT2D eigenvalue weighted by atomic mass is 10.1. The van der Waals surface area contributed by atoms with E-state index in [-0.39, 0.29) is 11.6 Å². The van der Waals surface area contributed by atoms with Crippen molar-refractivity contribution in [2.75, 3.05) is 20.2 Å². The highest BCUT2D eigenvalue weighted by Crippen LogP contribution is 2.06. The Morgan fingerprint density at radius 2 is 1.93 bits per heavy atom. The van der Waals surface area contributed by atoms with Crippen molar-refractivity contribution in [2.24, 2.45) is 10.7 Å². The Morgan fingerprint density at radius 3 is 2.33 bits per heavy atom. The van der Waals surface area contributed by atoms with Crippen LogP contribution in [0, 0.1) is 0 Å². The van der Waals surface area contributed by atoms with Crippen LogP contribution in [0.5, 0.6) is 0 Å². The van der Waals surface area contributed by atoms with Gasteiger partial charge in [0.25, 0.3) is 0 Å². The lowest BCUT2D eigenvalue weighted by Gasteiger charge is -2.22. The summed E-state index contributed by atoms with van der Waals surface area (Å²) in [5, 5.41) is 0. The molecular formula is C11H25N3O. The Bertz CT molecular complexity index is 206. The molecule has 0 aromatic heterocycles. The monoisotopic (exact) mass is 215 g/mol. The molecule has 0 saturated carbocycles. The van der Waals surface area contributed by atoms with Crippen LogP contribution in [-0.2, 0) is 4.74 Å². The lowest BCUT2D eigenvalue weighted by Crippen LogP contribution is -2.38. The first-order valence-corrected chi connectivity index (χ1v) is 5.40. The van der Waals surface area contributed by atoms with Gasteiger partial charge in [0.2, 0.25) is 0 Å². The van der Waals surface area contributed by atoms with Gasteiger partial charge >= 0.3 is 0 Å². The van der Waals surface area contributed by atoms with Crippen LogP contribution in [-0.4, -0.2) is 42.7 Å². The van der Waals surface area contributed by atoms with Crippen molar-refractivity contribution in [2.45, 2.75) is 46.3 Å². The van der Waals surface area contributed by atoms with E-state index >= 15 is 0 Å². The van der Waals surface area contributed by atoms with Crippen LogP contribution in [0.3, 0.4) is 0 Å². The van der Waals surface area contributed by atoms with Crippen LogP contribution in [0.2, 0.25) is 0 Å². The van der Waals surface area contributed by atoms with Gasteiger partial charge in [-0.15, -0.1) is 0 Å². The number of guanidine groups is 1. The van der Waals surface area contributed by atoms with Crippen molar-refractivity contribution >= 4 is 5.96 Å². The van der Waals surface area contributed by atoms with Gasteiger partial charge in [-0.3, -0.25) is 0 Å². The van der Waals surface area contributed by atoms with Crippen LogP contribution >= 0.6 is 0 Å². The van der Waals surface area contributed by atoms with Crippen molar-refractivity contribution in [3.05, 3.63) is 0 Å². The van der Waals surface area contributed by atoms with Gasteiger partial charge in [-0.25, -0.2) is 4.99 Å². The fourth-order valence-corrected chi connectivity index (χ4v) is 0.969. The molecule has 0 aliphatic heterocycles.